The van der Waals surface area contributed by atoms with Gasteiger partial charge >= 0.3 is 0 Å². The van der Waals surface area contributed by atoms with Crippen molar-refractivity contribution in [2.24, 2.45) is 11.8 Å². The second kappa shape index (κ2) is 31.4. The molecule has 2 atom stereocenters. The van der Waals surface area contributed by atoms with Gasteiger partial charge in [-0.05, 0) is 219 Å². The second-order valence-corrected chi connectivity index (χ2v) is 36.6. The maximum atomic E-state index is 5.21. The van der Waals surface area contributed by atoms with Crippen molar-refractivity contribution in [2.75, 3.05) is 0 Å². The van der Waals surface area contributed by atoms with Gasteiger partial charge in [0, 0.05) is 165 Å². The standard InChI is InChI=1S/C44H26N4.2C42H24N4/c1-2-10-37-34(8-1)40(35-20-15-27-6-3-21-45-41(27)44(35)48-37)32-19-14-26-12-17-30-29(16-11-25-13-18-31(32)39(26)38(25)30)36-24-28-7-4-22-46-42(28)43-33(36)9-5-23-47-43;1-3-14-29-27(12-1)36(34-24-26-11-8-22-44-40(26)41-31(34)17-9-23-45-41)28-13-2-4-15-30(28)37(29)38-32-16-5-6-18-35(32)46-42-33(38)20-19-25-10-7-21-43-39(25)42;1-2-10-37-33(8-1)38(34-18-15-26-6-3-19-43-39(26)42(34)46-37)29-14-12-25-11-13-27-22-28(16-17-31(27)35(25)23-29)36-24-30-7-4-20-44-40(30)41-32(36)9-5-21-45-41/h1-24,38-39H;2*1-24H. The molecule has 0 radical (unpaired) electrons. The number of nitrogens with zero attached hydrogens (tertiary/aromatic N) is 12. The molecule has 0 N–H and O–H groups in total. The van der Waals surface area contributed by atoms with Gasteiger partial charge in [-0.3, -0.25) is 44.9 Å². The molecule has 2 unspecified atom stereocenters. The van der Waals surface area contributed by atoms with Crippen LogP contribution in [0.15, 0.2) is 460 Å². The van der Waals surface area contributed by atoms with Crippen LogP contribution in [-0.4, -0.2) is 59.8 Å². The van der Waals surface area contributed by atoms with Crippen molar-refractivity contribution in [3.63, 3.8) is 0 Å². The molecule has 0 aliphatic heterocycles. The van der Waals surface area contributed by atoms with Crippen molar-refractivity contribution in [2.45, 2.75) is 0 Å². The summed E-state index contributed by atoms with van der Waals surface area (Å²) in [7, 11) is 0. The Morgan fingerprint density at radius 3 is 1.07 bits per heavy atom. The minimum atomic E-state index is 0.206. The third-order valence-electron chi connectivity index (χ3n) is 29.2. The topological polar surface area (TPSA) is 155 Å². The lowest BCUT2D eigenvalue weighted by Gasteiger charge is -2.42. The van der Waals surface area contributed by atoms with Crippen LogP contribution in [0.4, 0.5) is 0 Å². The lowest BCUT2D eigenvalue weighted by molar-refractivity contribution is 0.569. The maximum Gasteiger partial charge on any atom is 0.0978 e. The van der Waals surface area contributed by atoms with E-state index in [2.05, 4.69) is 333 Å². The summed E-state index contributed by atoms with van der Waals surface area (Å²) in [5, 5.41) is 26.3. The zero-order chi connectivity index (χ0) is 91.7. The predicted octanol–water partition coefficient (Wildman–Crippen LogP) is 31.4. The summed E-state index contributed by atoms with van der Waals surface area (Å²) < 4.78 is 0. The molecule has 140 heavy (non-hydrogen) atoms. The Bertz CT molecular complexity index is 10400. The Kier molecular flexibility index (Phi) is 17.7. The summed E-state index contributed by atoms with van der Waals surface area (Å²) in [6, 6.07) is 118. The number of pyridine rings is 12. The van der Waals surface area contributed by atoms with E-state index in [1.807, 2.05) is 110 Å². The van der Waals surface area contributed by atoms with Crippen molar-refractivity contribution in [3.05, 3.63) is 471 Å². The zero-order valence-electron chi connectivity index (χ0n) is 75.1. The smallest absolute Gasteiger partial charge is 0.0978 e. The average molecular weight is 1780 g/mol. The summed E-state index contributed by atoms with van der Waals surface area (Å²) in [6.45, 7) is 0. The quantitative estimate of drug-likeness (QED) is 0.115. The van der Waals surface area contributed by atoms with Crippen LogP contribution < -0.4 is 0 Å². The fourth-order valence-electron chi connectivity index (χ4n) is 23.2. The van der Waals surface area contributed by atoms with E-state index in [9.17, 15) is 0 Å². The number of hydrogen-bond donors (Lipinski definition) is 0. The number of fused-ring (bicyclic) bond motifs is 26. The van der Waals surface area contributed by atoms with Crippen molar-refractivity contribution in [3.8, 4) is 44.5 Å². The first-order valence-electron chi connectivity index (χ1n) is 47.4. The van der Waals surface area contributed by atoms with Crippen LogP contribution in [0.5, 0.6) is 0 Å². The molecule has 4 aliphatic rings. The Morgan fingerprint density at radius 1 is 0.179 bits per heavy atom. The normalized spacial score (nSPS) is 14.5. The molecule has 0 fully saturated rings. The van der Waals surface area contributed by atoms with Crippen LogP contribution in [0.3, 0.4) is 0 Å². The molecule has 12 nitrogen and oxygen atoms in total. The Hall–Kier alpha value is -18.8. The summed E-state index contributed by atoms with van der Waals surface area (Å²) >= 11 is 0. The number of allylic oxidation sites excluding steroid dienone is 14. The third kappa shape index (κ3) is 12.2. The Balaban J connectivity index is 0.000000101. The fourth-order valence-corrected chi connectivity index (χ4v) is 23.2. The number of hydrogen-bond acceptors (Lipinski definition) is 12. The van der Waals surface area contributed by atoms with Gasteiger partial charge in [0.1, 0.15) is 0 Å². The van der Waals surface area contributed by atoms with E-state index in [1.54, 1.807) is 0 Å². The van der Waals surface area contributed by atoms with Crippen LogP contribution in [0.2, 0.25) is 0 Å². The molecule has 0 bridgehead atoms. The van der Waals surface area contributed by atoms with Crippen LogP contribution in [0, 0.1) is 11.8 Å². The highest BCUT2D eigenvalue weighted by Gasteiger charge is 2.42. The van der Waals surface area contributed by atoms with Crippen molar-refractivity contribution < 1.29 is 0 Å². The van der Waals surface area contributed by atoms with Crippen molar-refractivity contribution in [1.29, 1.82) is 0 Å². The third-order valence-corrected chi connectivity index (χ3v) is 29.2. The molecule has 31 rings (SSSR count). The minimum absolute atomic E-state index is 0.206. The molecule has 646 valence electrons. The first-order valence-corrected chi connectivity index (χ1v) is 47.4. The molecule has 12 heterocycles. The van der Waals surface area contributed by atoms with Gasteiger partial charge in [0.15, 0.2) is 0 Å². The molecule has 0 amide bonds. The van der Waals surface area contributed by atoms with Crippen molar-refractivity contribution in [1.82, 2.24) is 59.8 Å². The lowest BCUT2D eigenvalue weighted by atomic mass is 9.61. The minimum Gasteiger partial charge on any atom is -0.254 e. The van der Waals surface area contributed by atoms with Crippen LogP contribution in [0.25, 0.3) is 262 Å². The molecule has 0 saturated heterocycles. The van der Waals surface area contributed by atoms with E-state index >= 15 is 0 Å². The Morgan fingerprint density at radius 2 is 0.536 bits per heavy atom. The van der Waals surface area contributed by atoms with Gasteiger partial charge in [0.2, 0.25) is 0 Å². The van der Waals surface area contributed by atoms with Crippen LogP contribution in [0.1, 0.15) is 11.1 Å². The fraction of sp³-hybridized carbons (Fsp3) is 0.0156. The predicted molar refractivity (Wildman–Crippen MR) is 578 cm³/mol. The van der Waals surface area contributed by atoms with E-state index in [0.717, 1.165) is 180 Å². The van der Waals surface area contributed by atoms with Crippen molar-refractivity contribution >= 4 is 218 Å². The summed E-state index contributed by atoms with van der Waals surface area (Å²) in [5.41, 5.74) is 33.9. The van der Waals surface area contributed by atoms with E-state index in [0.29, 0.717) is 0 Å². The highest BCUT2D eigenvalue weighted by Crippen LogP contribution is 2.57. The SMILES string of the molecule is C1=CC2=C(c3cc4cccnc4c4ncccc34)C=CC3=CC=C4C(c5c6ccccc6nc6c5ccc5cccnc56)=CC=C1C4C32.c1cnc2c(c1)cc(-c1c3ccccc3c(-c3c4ccccc4nc4c3ccc3cccnc34)c3ccccc13)c1cccnc12.c1cnc2c(c1)cc(-c1ccc3c(ccc4ccc(-c5c6ccccc6nc6c5ccc5cccnc56)cc43)c1)c1cccnc12. The average Bonchev–Trinajstić information content (AvgIpc) is 0.708. The second-order valence-electron chi connectivity index (χ2n) is 36.6. The molecule has 0 spiro atoms. The van der Waals surface area contributed by atoms with E-state index in [1.165, 1.54) is 115 Å². The van der Waals surface area contributed by atoms with Gasteiger partial charge in [0.05, 0.1) is 82.8 Å². The summed E-state index contributed by atoms with van der Waals surface area (Å²) in [4.78, 5) is 58.3. The molecule has 27 aromatic rings. The molecule has 15 aromatic carbocycles. The van der Waals surface area contributed by atoms with Gasteiger partial charge in [0.25, 0.3) is 0 Å². The highest BCUT2D eigenvalue weighted by atomic mass is 14.8. The molecular formula is C128H74N12. The largest absolute Gasteiger partial charge is 0.254 e. The number of aromatic nitrogens is 12. The molecule has 12 aromatic heterocycles. The maximum absolute atomic E-state index is 5.21. The molecular weight excluding hydrogens is 1710 g/mol. The number of benzene rings is 15. The number of para-hydroxylation sites is 3. The Labute approximate surface area is 799 Å². The molecule has 4 aliphatic carbocycles. The van der Waals surface area contributed by atoms with Crippen LogP contribution >= 0.6 is 0 Å². The number of rotatable bonds is 6. The first-order chi connectivity index (χ1) is 69.5. The summed E-state index contributed by atoms with van der Waals surface area (Å²) in [5.74, 6) is 0.417. The van der Waals surface area contributed by atoms with Gasteiger partial charge in [-0.15, -0.1) is 0 Å². The molecule has 12 heteroatoms. The van der Waals surface area contributed by atoms with Gasteiger partial charge in [-0.1, -0.05) is 279 Å². The summed E-state index contributed by atoms with van der Waals surface area (Å²) in [6.07, 6.45) is 35.4. The zero-order valence-corrected chi connectivity index (χ0v) is 75.1. The van der Waals surface area contributed by atoms with E-state index in [4.69, 9.17) is 54.8 Å². The highest BCUT2D eigenvalue weighted by molar-refractivity contribution is 6.31. The van der Waals surface area contributed by atoms with Gasteiger partial charge in [-0.2, -0.15) is 0 Å². The lowest BCUT2D eigenvalue weighted by Crippen LogP contribution is -2.30. The van der Waals surface area contributed by atoms with E-state index < -0.39 is 0 Å². The van der Waals surface area contributed by atoms with Crippen LogP contribution in [-0.2, 0) is 0 Å². The first kappa shape index (κ1) is 78.7. The molecule has 0 saturated carbocycles. The van der Waals surface area contributed by atoms with Gasteiger partial charge in [-0.25, -0.2) is 15.0 Å². The monoisotopic (exact) mass is 1780 g/mol. The van der Waals surface area contributed by atoms with Gasteiger partial charge < -0.3 is 0 Å². The van der Waals surface area contributed by atoms with E-state index in [-0.39, 0.29) is 11.8 Å².